The Morgan fingerprint density at radius 2 is 0.523 bits per heavy atom. The number of aliphatic hydroxyl groups is 1. The van der Waals surface area contributed by atoms with Gasteiger partial charge in [0.2, 0.25) is 0 Å². The van der Waals surface area contributed by atoms with E-state index in [1.807, 2.05) is 0 Å². The molecule has 522 valence electrons. The van der Waals surface area contributed by atoms with E-state index in [9.17, 15) is 43.2 Å². The molecule has 88 heavy (non-hydrogen) atoms. The molecule has 0 amide bonds. The number of ether oxygens (including phenoxy) is 4. The zero-order valence-electron chi connectivity index (χ0n) is 57.2. The van der Waals surface area contributed by atoms with Crippen molar-refractivity contribution in [1.82, 2.24) is 0 Å². The summed E-state index contributed by atoms with van der Waals surface area (Å²) in [7, 11) is -9.89. The molecule has 5 atom stereocenters. The topological polar surface area (TPSA) is 237 Å². The Morgan fingerprint density at radius 1 is 0.307 bits per heavy atom. The third-order valence-corrected chi connectivity index (χ3v) is 17.8. The normalized spacial score (nSPS) is 14.2. The lowest BCUT2D eigenvalue weighted by molar-refractivity contribution is -0.161. The van der Waals surface area contributed by atoms with Crippen LogP contribution in [0.5, 0.6) is 0 Å². The minimum Gasteiger partial charge on any atom is -0.462 e. The SMILES string of the molecule is CCCCCCCCCC(=O)OC[C@H](COP(=O)(O)OC[C@H](O)COP(=O)(O)OC[C@@H](COC(=O)CCCCCCCCCCCC(C)C)OC(=O)CCCCCCCCCCCCCCCCCC(C)C)OC(=O)CCCCCCCCCCC(C)C. The van der Waals surface area contributed by atoms with Gasteiger partial charge in [0.05, 0.1) is 26.4 Å². The van der Waals surface area contributed by atoms with Gasteiger partial charge in [-0.2, -0.15) is 0 Å². The van der Waals surface area contributed by atoms with Crippen LogP contribution in [0.15, 0.2) is 0 Å². The number of esters is 4. The van der Waals surface area contributed by atoms with E-state index in [1.54, 1.807) is 0 Å². The molecule has 0 aromatic rings. The lowest BCUT2D eigenvalue weighted by Crippen LogP contribution is -2.30. The predicted molar refractivity (Wildman–Crippen MR) is 354 cm³/mol. The number of hydrogen-bond donors (Lipinski definition) is 3. The standard InChI is InChI=1S/C69H134O17P2/c1-8-9-10-11-26-36-43-50-66(71)79-56-64(86-69(74)53-46-39-32-25-24-29-35-42-49-62(6)7)58-83-87(75,76)81-54-63(70)55-82-88(77,78)84-59-65(57-80-67(72)51-44-37-30-23-19-21-28-34-41-48-61(4)5)85-68(73)52-45-38-31-22-18-16-14-12-13-15-17-20-27-33-40-47-60(2)3/h60-65,70H,8-59H2,1-7H3,(H,75,76)(H,77,78)/t63-,64+,65+/m0/s1. The molecule has 3 N–H and O–H groups in total. The molecule has 0 aliphatic rings. The highest BCUT2D eigenvalue weighted by molar-refractivity contribution is 7.47. The first kappa shape index (κ1) is 86.1. The van der Waals surface area contributed by atoms with Crippen LogP contribution in [0.2, 0.25) is 0 Å². The fourth-order valence-electron chi connectivity index (χ4n) is 10.4. The van der Waals surface area contributed by atoms with Gasteiger partial charge in [-0.25, -0.2) is 9.13 Å². The summed E-state index contributed by atoms with van der Waals surface area (Å²) in [6, 6.07) is 0. The first-order valence-corrected chi connectivity index (χ1v) is 38.8. The Morgan fingerprint density at radius 3 is 0.773 bits per heavy atom. The van der Waals surface area contributed by atoms with Gasteiger partial charge in [-0.3, -0.25) is 37.3 Å². The third-order valence-electron chi connectivity index (χ3n) is 15.9. The first-order valence-electron chi connectivity index (χ1n) is 35.8. The molecule has 2 unspecified atom stereocenters. The summed E-state index contributed by atoms with van der Waals surface area (Å²) in [4.78, 5) is 72.3. The minimum absolute atomic E-state index is 0.104. The van der Waals surface area contributed by atoms with Gasteiger partial charge in [0, 0.05) is 25.7 Å². The fourth-order valence-corrected chi connectivity index (χ4v) is 11.9. The van der Waals surface area contributed by atoms with Crippen LogP contribution >= 0.6 is 15.6 Å². The summed E-state index contributed by atoms with van der Waals surface area (Å²) in [6.07, 6.45) is 43.3. The van der Waals surface area contributed by atoms with Gasteiger partial charge < -0.3 is 33.8 Å². The van der Waals surface area contributed by atoms with Gasteiger partial charge in [-0.1, -0.05) is 292 Å². The Bertz CT molecular complexity index is 1730. The minimum atomic E-state index is -4.95. The zero-order valence-corrected chi connectivity index (χ0v) is 59.0. The summed E-state index contributed by atoms with van der Waals surface area (Å²) in [5, 5.41) is 10.6. The highest BCUT2D eigenvalue weighted by Crippen LogP contribution is 2.45. The molecule has 0 spiro atoms. The third kappa shape index (κ3) is 62.8. The molecule has 0 saturated heterocycles. The number of phosphoric ester groups is 2. The molecule has 0 fully saturated rings. The number of phosphoric acid groups is 2. The summed E-state index contributed by atoms with van der Waals surface area (Å²) >= 11 is 0. The molecular formula is C69H134O17P2. The summed E-state index contributed by atoms with van der Waals surface area (Å²) in [5.41, 5.74) is 0. The van der Waals surface area contributed by atoms with Crippen molar-refractivity contribution in [1.29, 1.82) is 0 Å². The number of carbonyl (C=O) groups is 4. The van der Waals surface area contributed by atoms with Gasteiger partial charge in [0.1, 0.15) is 19.3 Å². The summed E-state index contributed by atoms with van der Waals surface area (Å²) in [6.45, 7) is 11.8. The van der Waals surface area contributed by atoms with Crippen LogP contribution < -0.4 is 0 Å². The van der Waals surface area contributed by atoms with Crippen LogP contribution in [-0.4, -0.2) is 96.7 Å². The number of unbranched alkanes of at least 4 members (excludes halogenated alkanes) is 35. The molecule has 0 heterocycles. The second-order valence-electron chi connectivity index (χ2n) is 26.3. The van der Waals surface area contributed by atoms with Crippen LogP contribution in [-0.2, 0) is 65.4 Å². The number of aliphatic hydroxyl groups excluding tert-OH is 1. The predicted octanol–water partition coefficient (Wildman–Crippen LogP) is 19.5. The smallest absolute Gasteiger partial charge is 0.462 e. The molecule has 0 aromatic heterocycles. The van der Waals surface area contributed by atoms with Crippen molar-refractivity contribution >= 4 is 39.5 Å². The molecule has 0 aromatic carbocycles. The van der Waals surface area contributed by atoms with Gasteiger partial charge in [-0.15, -0.1) is 0 Å². The largest absolute Gasteiger partial charge is 0.472 e. The lowest BCUT2D eigenvalue weighted by Gasteiger charge is -2.21. The molecule has 0 aliphatic carbocycles. The van der Waals surface area contributed by atoms with Crippen molar-refractivity contribution in [2.75, 3.05) is 39.6 Å². The molecule has 0 aliphatic heterocycles. The fraction of sp³-hybridized carbons (Fsp3) is 0.942. The maximum atomic E-state index is 13.0. The maximum Gasteiger partial charge on any atom is 0.472 e. The molecule has 0 bridgehead atoms. The van der Waals surface area contributed by atoms with Crippen molar-refractivity contribution in [3.63, 3.8) is 0 Å². The number of rotatable bonds is 67. The molecule has 0 radical (unpaired) electrons. The van der Waals surface area contributed by atoms with E-state index in [4.69, 9.17) is 37.0 Å². The Balaban J connectivity index is 5.19. The van der Waals surface area contributed by atoms with Crippen molar-refractivity contribution in [3.05, 3.63) is 0 Å². The van der Waals surface area contributed by atoms with Crippen LogP contribution in [0.3, 0.4) is 0 Å². The zero-order chi connectivity index (χ0) is 65.2. The molecule has 17 nitrogen and oxygen atoms in total. The van der Waals surface area contributed by atoms with Crippen LogP contribution in [0.1, 0.15) is 344 Å². The Kier molecular flexibility index (Phi) is 58.7. The van der Waals surface area contributed by atoms with Gasteiger partial charge in [-0.05, 0) is 43.4 Å². The molecule has 19 heteroatoms. The van der Waals surface area contributed by atoms with Crippen LogP contribution in [0, 0.1) is 17.8 Å². The van der Waals surface area contributed by atoms with E-state index in [0.29, 0.717) is 25.7 Å². The molecular weight excluding hydrogens is 1160 g/mol. The highest BCUT2D eigenvalue weighted by atomic mass is 31.2. The molecule has 0 saturated carbocycles. The van der Waals surface area contributed by atoms with Gasteiger partial charge in [0.15, 0.2) is 12.2 Å². The van der Waals surface area contributed by atoms with Crippen LogP contribution in [0.4, 0.5) is 0 Å². The number of hydrogen-bond acceptors (Lipinski definition) is 15. The first-order chi connectivity index (χ1) is 42.2. The van der Waals surface area contributed by atoms with E-state index in [-0.39, 0.29) is 25.7 Å². The molecule has 0 rings (SSSR count). The van der Waals surface area contributed by atoms with Crippen molar-refractivity contribution in [2.24, 2.45) is 17.8 Å². The van der Waals surface area contributed by atoms with Gasteiger partial charge >= 0.3 is 39.5 Å². The van der Waals surface area contributed by atoms with Gasteiger partial charge in [0.25, 0.3) is 0 Å². The van der Waals surface area contributed by atoms with E-state index < -0.39 is 97.5 Å². The average molecular weight is 1300 g/mol. The van der Waals surface area contributed by atoms with Crippen molar-refractivity contribution < 1.29 is 80.2 Å². The van der Waals surface area contributed by atoms with Crippen molar-refractivity contribution in [3.8, 4) is 0 Å². The Hall–Kier alpha value is -1.94. The van der Waals surface area contributed by atoms with E-state index >= 15 is 0 Å². The quantitative estimate of drug-likeness (QED) is 0.0222. The summed E-state index contributed by atoms with van der Waals surface area (Å²) in [5.74, 6) is 0.131. The van der Waals surface area contributed by atoms with E-state index in [0.717, 1.165) is 120 Å². The van der Waals surface area contributed by atoms with Crippen molar-refractivity contribution in [2.45, 2.75) is 362 Å². The second kappa shape index (κ2) is 60.0. The monoisotopic (exact) mass is 1300 g/mol. The summed E-state index contributed by atoms with van der Waals surface area (Å²) < 4.78 is 68.1. The van der Waals surface area contributed by atoms with E-state index in [2.05, 4.69) is 48.5 Å². The number of carbonyl (C=O) groups excluding carboxylic acids is 4. The maximum absolute atomic E-state index is 13.0. The second-order valence-corrected chi connectivity index (χ2v) is 29.3. The average Bonchev–Trinajstić information content (AvgIpc) is 3.70. The van der Waals surface area contributed by atoms with E-state index in [1.165, 1.54) is 141 Å². The lowest BCUT2D eigenvalue weighted by atomic mass is 10.0. The van der Waals surface area contributed by atoms with Crippen LogP contribution in [0.25, 0.3) is 0 Å². The Labute approximate surface area is 537 Å². The highest BCUT2D eigenvalue weighted by Gasteiger charge is 2.30.